The summed E-state index contributed by atoms with van der Waals surface area (Å²) in [4.78, 5) is 0. The number of nitrogens with two attached hydrogens (primary N) is 1. The molecule has 1 aromatic carbocycles. The maximum Gasteiger partial charge on any atom is 0.418 e. The van der Waals surface area contributed by atoms with Crippen molar-refractivity contribution in [2.24, 2.45) is 5.73 Å². The van der Waals surface area contributed by atoms with Gasteiger partial charge in [-0.05, 0) is 18.4 Å². The van der Waals surface area contributed by atoms with Gasteiger partial charge in [0.25, 0.3) is 0 Å². The average Bonchev–Trinajstić information content (AvgIpc) is 2.26. The second-order valence-corrected chi connectivity index (χ2v) is 3.72. The molecular weight excluding hydrogens is 219 g/mol. The van der Waals surface area contributed by atoms with Gasteiger partial charge in [0, 0.05) is 6.54 Å². The van der Waals surface area contributed by atoms with E-state index < -0.39 is 24.7 Å². The molecule has 0 saturated heterocycles. The van der Waals surface area contributed by atoms with Crippen LogP contribution in [-0.2, 0) is 6.42 Å². The van der Waals surface area contributed by atoms with Gasteiger partial charge < -0.3 is 10.8 Å². The fraction of sp³-hybridized carbons (Fsp3) is 0.455. The SMILES string of the molecule is NC[C@@](O)(CCc1ccccc1)C(F)(F)F. The van der Waals surface area contributed by atoms with Crippen molar-refractivity contribution in [3.63, 3.8) is 0 Å². The van der Waals surface area contributed by atoms with Crippen molar-refractivity contribution in [2.75, 3.05) is 6.54 Å². The van der Waals surface area contributed by atoms with E-state index in [4.69, 9.17) is 5.73 Å². The fourth-order valence-corrected chi connectivity index (χ4v) is 1.36. The number of benzene rings is 1. The molecule has 0 saturated carbocycles. The van der Waals surface area contributed by atoms with Crippen LogP contribution in [0.1, 0.15) is 12.0 Å². The van der Waals surface area contributed by atoms with E-state index in [0.29, 0.717) is 0 Å². The van der Waals surface area contributed by atoms with Crippen molar-refractivity contribution in [1.82, 2.24) is 0 Å². The van der Waals surface area contributed by atoms with Gasteiger partial charge in [0.2, 0.25) is 0 Å². The molecule has 0 spiro atoms. The van der Waals surface area contributed by atoms with Crippen molar-refractivity contribution in [3.05, 3.63) is 35.9 Å². The molecule has 0 radical (unpaired) electrons. The van der Waals surface area contributed by atoms with Gasteiger partial charge in [-0.2, -0.15) is 13.2 Å². The van der Waals surface area contributed by atoms with Gasteiger partial charge >= 0.3 is 6.18 Å². The lowest BCUT2D eigenvalue weighted by Crippen LogP contribution is -2.51. The van der Waals surface area contributed by atoms with Gasteiger partial charge in [-0.3, -0.25) is 0 Å². The van der Waals surface area contributed by atoms with E-state index >= 15 is 0 Å². The zero-order valence-corrected chi connectivity index (χ0v) is 8.67. The second-order valence-electron chi connectivity index (χ2n) is 3.72. The quantitative estimate of drug-likeness (QED) is 0.834. The first-order valence-electron chi connectivity index (χ1n) is 4.92. The van der Waals surface area contributed by atoms with Crippen LogP contribution in [0.2, 0.25) is 0 Å². The Hall–Kier alpha value is -1.07. The number of aryl methyl sites for hydroxylation is 1. The van der Waals surface area contributed by atoms with Crippen molar-refractivity contribution >= 4 is 0 Å². The highest BCUT2D eigenvalue weighted by atomic mass is 19.4. The minimum atomic E-state index is -4.68. The van der Waals surface area contributed by atoms with E-state index in [1.807, 2.05) is 0 Å². The lowest BCUT2D eigenvalue weighted by Gasteiger charge is -2.29. The topological polar surface area (TPSA) is 46.2 Å². The van der Waals surface area contributed by atoms with Gasteiger partial charge in [0.05, 0.1) is 0 Å². The van der Waals surface area contributed by atoms with Gasteiger partial charge in [-0.25, -0.2) is 0 Å². The van der Waals surface area contributed by atoms with E-state index in [9.17, 15) is 18.3 Å². The minimum absolute atomic E-state index is 0.147. The molecule has 1 aromatic rings. The van der Waals surface area contributed by atoms with E-state index in [2.05, 4.69) is 0 Å². The van der Waals surface area contributed by atoms with Gasteiger partial charge in [0.1, 0.15) is 0 Å². The second kappa shape index (κ2) is 4.84. The average molecular weight is 233 g/mol. The number of alkyl halides is 3. The van der Waals surface area contributed by atoms with Gasteiger partial charge in [-0.1, -0.05) is 30.3 Å². The van der Waals surface area contributed by atoms with Crippen LogP contribution in [0.15, 0.2) is 30.3 Å². The summed E-state index contributed by atoms with van der Waals surface area (Å²) >= 11 is 0. The molecule has 1 atom stereocenters. The van der Waals surface area contributed by atoms with Crippen LogP contribution in [0.25, 0.3) is 0 Å². The van der Waals surface area contributed by atoms with Crippen molar-refractivity contribution < 1.29 is 18.3 Å². The summed E-state index contributed by atoms with van der Waals surface area (Å²) in [6.07, 6.45) is -4.96. The number of aliphatic hydroxyl groups is 1. The minimum Gasteiger partial charge on any atom is -0.379 e. The van der Waals surface area contributed by atoms with Gasteiger partial charge in [-0.15, -0.1) is 0 Å². The summed E-state index contributed by atoms with van der Waals surface area (Å²) in [5, 5.41) is 9.37. The predicted octanol–water partition coefficient (Wildman–Crippen LogP) is 1.87. The Morgan fingerprint density at radius 1 is 1.12 bits per heavy atom. The van der Waals surface area contributed by atoms with E-state index in [-0.39, 0.29) is 6.42 Å². The lowest BCUT2D eigenvalue weighted by atomic mass is 9.94. The Labute approximate surface area is 91.9 Å². The largest absolute Gasteiger partial charge is 0.418 e. The van der Waals surface area contributed by atoms with Crippen molar-refractivity contribution in [2.45, 2.75) is 24.6 Å². The molecule has 90 valence electrons. The Bertz CT molecular complexity index is 326. The van der Waals surface area contributed by atoms with Crippen molar-refractivity contribution in [1.29, 1.82) is 0 Å². The molecule has 16 heavy (non-hydrogen) atoms. The summed E-state index contributed by atoms with van der Waals surface area (Å²) in [6.45, 7) is -0.816. The smallest absolute Gasteiger partial charge is 0.379 e. The zero-order valence-electron chi connectivity index (χ0n) is 8.67. The standard InChI is InChI=1S/C11H14F3NO/c12-11(13,14)10(16,8-15)7-6-9-4-2-1-3-5-9/h1-5,16H,6-8,15H2/t10-/m0/s1. The predicted molar refractivity (Wildman–Crippen MR) is 54.8 cm³/mol. The molecule has 0 heterocycles. The Kier molecular flexibility index (Phi) is 3.93. The molecule has 0 aliphatic carbocycles. The molecule has 0 aromatic heterocycles. The van der Waals surface area contributed by atoms with Gasteiger partial charge in [0.15, 0.2) is 5.60 Å². The van der Waals surface area contributed by atoms with E-state index in [1.54, 1.807) is 30.3 Å². The third-order valence-corrected chi connectivity index (χ3v) is 2.54. The van der Waals surface area contributed by atoms with Crippen molar-refractivity contribution in [3.8, 4) is 0 Å². The normalized spacial score (nSPS) is 15.8. The third kappa shape index (κ3) is 2.96. The molecule has 0 aliphatic rings. The molecule has 3 N–H and O–H groups in total. The highest BCUT2D eigenvalue weighted by molar-refractivity contribution is 5.15. The first-order chi connectivity index (χ1) is 7.39. The Morgan fingerprint density at radius 2 is 1.69 bits per heavy atom. The summed E-state index contributed by atoms with van der Waals surface area (Å²) in [5.74, 6) is 0. The van der Waals surface area contributed by atoms with Crippen LogP contribution in [0.5, 0.6) is 0 Å². The molecule has 0 amide bonds. The number of hydrogen-bond donors (Lipinski definition) is 2. The maximum atomic E-state index is 12.5. The van der Waals surface area contributed by atoms with Crippen LogP contribution >= 0.6 is 0 Å². The first-order valence-corrected chi connectivity index (χ1v) is 4.92. The van der Waals surface area contributed by atoms with Crippen LogP contribution in [0.3, 0.4) is 0 Å². The first kappa shape index (κ1) is 13.0. The number of hydrogen-bond acceptors (Lipinski definition) is 2. The Balaban J connectivity index is 2.66. The van der Waals surface area contributed by atoms with E-state index in [0.717, 1.165) is 5.56 Å². The third-order valence-electron chi connectivity index (χ3n) is 2.54. The molecule has 0 unspecified atom stereocenters. The molecular formula is C11H14F3NO. The number of rotatable bonds is 4. The zero-order chi connectivity index (χ0) is 12.2. The molecule has 2 nitrogen and oxygen atoms in total. The van der Waals surface area contributed by atoms with Crippen LogP contribution in [-0.4, -0.2) is 23.4 Å². The lowest BCUT2D eigenvalue weighted by molar-refractivity contribution is -0.257. The highest BCUT2D eigenvalue weighted by Crippen LogP contribution is 2.33. The summed E-state index contributed by atoms with van der Waals surface area (Å²) in [5.41, 5.74) is 2.95. The summed E-state index contributed by atoms with van der Waals surface area (Å²) < 4.78 is 37.4. The van der Waals surface area contributed by atoms with Crippen LogP contribution in [0, 0.1) is 0 Å². The highest BCUT2D eigenvalue weighted by Gasteiger charge is 2.52. The molecule has 0 fully saturated rings. The monoisotopic (exact) mass is 233 g/mol. The van der Waals surface area contributed by atoms with Crippen LogP contribution in [0.4, 0.5) is 13.2 Å². The molecule has 0 aliphatic heterocycles. The fourth-order valence-electron chi connectivity index (χ4n) is 1.36. The Morgan fingerprint density at radius 3 is 2.12 bits per heavy atom. The molecule has 1 rings (SSSR count). The summed E-state index contributed by atoms with van der Waals surface area (Å²) in [6, 6.07) is 8.69. The van der Waals surface area contributed by atoms with E-state index in [1.165, 1.54) is 0 Å². The number of halogens is 3. The molecule has 5 heteroatoms. The maximum absolute atomic E-state index is 12.5. The molecule has 0 bridgehead atoms. The summed E-state index contributed by atoms with van der Waals surface area (Å²) in [7, 11) is 0. The van der Waals surface area contributed by atoms with Crippen LogP contribution < -0.4 is 5.73 Å².